The van der Waals surface area contributed by atoms with E-state index < -0.39 is 0 Å². The van der Waals surface area contributed by atoms with Crippen molar-refractivity contribution < 1.29 is 0 Å². The van der Waals surface area contributed by atoms with Crippen LogP contribution in [0.2, 0.25) is 0 Å². The lowest BCUT2D eigenvalue weighted by Gasteiger charge is -2.53. The van der Waals surface area contributed by atoms with E-state index in [0.717, 1.165) is 26.2 Å². The van der Waals surface area contributed by atoms with Crippen LogP contribution in [0.15, 0.2) is 0 Å². The molecule has 0 aromatic rings. The van der Waals surface area contributed by atoms with Crippen LogP contribution in [0.25, 0.3) is 0 Å². The van der Waals surface area contributed by atoms with Crippen LogP contribution in [0.4, 0.5) is 0 Å². The van der Waals surface area contributed by atoms with Gasteiger partial charge < -0.3 is 5.73 Å². The summed E-state index contributed by atoms with van der Waals surface area (Å²) in [6, 6.07) is 0. The third-order valence-electron chi connectivity index (χ3n) is 4.80. The summed E-state index contributed by atoms with van der Waals surface area (Å²) >= 11 is 0. The molecule has 1 fully saturated rings. The Labute approximate surface area is 114 Å². The molecule has 0 atom stereocenters. The van der Waals surface area contributed by atoms with Gasteiger partial charge in [-0.3, -0.25) is 9.80 Å². The SMILES string of the molecule is CCCC(CN)(CCC)N1CCN(C)C(C)(C)C1. The van der Waals surface area contributed by atoms with Gasteiger partial charge in [-0.2, -0.15) is 0 Å². The van der Waals surface area contributed by atoms with Crippen LogP contribution < -0.4 is 5.73 Å². The van der Waals surface area contributed by atoms with Gasteiger partial charge in [0.1, 0.15) is 0 Å². The number of piperazine rings is 1. The minimum atomic E-state index is 0.238. The number of likely N-dealkylation sites (N-methyl/N-ethyl adjacent to an activating group) is 1. The summed E-state index contributed by atoms with van der Waals surface area (Å²) in [5, 5.41) is 0. The van der Waals surface area contributed by atoms with Crippen LogP contribution in [0, 0.1) is 0 Å². The smallest absolute Gasteiger partial charge is 0.0332 e. The number of hydrogen-bond acceptors (Lipinski definition) is 3. The van der Waals surface area contributed by atoms with Crippen LogP contribution in [0.5, 0.6) is 0 Å². The quantitative estimate of drug-likeness (QED) is 0.790. The summed E-state index contributed by atoms with van der Waals surface area (Å²) in [5.74, 6) is 0. The van der Waals surface area contributed by atoms with Gasteiger partial charge in [0.15, 0.2) is 0 Å². The zero-order valence-corrected chi connectivity index (χ0v) is 13.1. The molecule has 0 radical (unpaired) electrons. The predicted molar refractivity (Wildman–Crippen MR) is 79.9 cm³/mol. The molecule has 1 heterocycles. The highest BCUT2D eigenvalue weighted by atomic mass is 15.3. The van der Waals surface area contributed by atoms with Crippen LogP contribution in [-0.4, -0.2) is 54.1 Å². The van der Waals surface area contributed by atoms with E-state index in [2.05, 4.69) is 44.5 Å². The molecule has 0 saturated carbocycles. The van der Waals surface area contributed by atoms with E-state index >= 15 is 0 Å². The van der Waals surface area contributed by atoms with Crippen molar-refractivity contribution in [1.82, 2.24) is 9.80 Å². The molecule has 0 aromatic carbocycles. The lowest BCUT2D eigenvalue weighted by Crippen LogP contribution is -2.65. The van der Waals surface area contributed by atoms with Gasteiger partial charge in [0.25, 0.3) is 0 Å². The molecule has 0 amide bonds. The Kier molecular flexibility index (Phi) is 5.63. The fourth-order valence-electron chi connectivity index (χ4n) is 3.35. The van der Waals surface area contributed by atoms with Gasteiger partial charge >= 0.3 is 0 Å². The summed E-state index contributed by atoms with van der Waals surface area (Å²) in [4.78, 5) is 5.16. The van der Waals surface area contributed by atoms with Gasteiger partial charge in [0.05, 0.1) is 0 Å². The van der Waals surface area contributed by atoms with Crippen molar-refractivity contribution in [3.05, 3.63) is 0 Å². The normalized spacial score (nSPS) is 22.3. The van der Waals surface area contributed by atoms with Gasteiger partial charge in [-0.15, -0.1) is 0 Å². The standard InChI is InChI=1S/C15H33N3/c1-6-8-15(12-16,9-7-2)18-11-10-17(5)14(3,4)13-18/h6-13,16H2,1-5H3. The Balaban J connectivity index is 2.85. The van der Waals surface area contributed by atoms with Crippen LogP contribution in [0.3, 0.4) is 0 Å². The maximum atomic E-state index is 6.18. The van der Waals surface area contributed by atoms with E-state index in [9.17, 15) is 0 Å². The maximum Gasteiger partial charge on any atom is 0.0332 e. The van der Waals surface area contributed by atoms with Gasteiger partial charge in [0.2, 0.25) is 0 Å². The minimum Gasteiger partial charge on any atom is -0.329 e. The van der Waals surface area contributed by atoms with Crippen LogP contribution in [-0.2, 0) is 0 Å². The molecule has 3 nitrogen and oxygen atoms in total. The predicted octanol–water partition coefficient (Wildman–Crippen LogP) is 2.31. The lowest BCUT2D eigenvalue weighted by atomic mass is 9.84. The first-order valence-corrected chi connectivity index (χ1v) is 7.58. The van der Waals surface area contributed by atoms with Crippen molar-refractivity contribution in [2.45, 2.75) is 64.5 Å². The Hall–Kier alpha value is -0.120. The highest BCUT2D eigenvalue weighted by Crippen LogP contribution is 2.31. The summed E-state index contributed by atoms with van der Waals surface area (Å²) in [6.45, 7) is 13.5. The molecule has 0 bridgehead atoms. The average Bonchev–Trinajstić information content (AvgIpc) is 2.32. The van der Waals surface area contributed by atoms with Crippen molar-refractivity contribution >= 4 is 0 Å². The molecule has 1 aliphatic rings. The van der Waals surface area contributed by atoms with Crippen LogP contribution >= 0.6 is 0 Å². The number of hydrogen-bond donors (Lipinski definition) is 1. The Morgan fingerprint density at radius 1 is 1.11 bits per heavy atom. The minimum absolute atomic E-state index is 0.238. The van der Waals surface area contributed by atoms with Gasteiger partial charge in [0, 0.05) is 37.3 Å². The fourth-order valence-corrected chi connectivity index (χ4v) is 3.35. The summed E-state index contributed by atoms with van der Waals surface area (Å²) < 4.78 is 0. The largest absolute Gasteiger partial charge is 0.329 e. The van der Waals surface area contributed by atoms with Gasteiger partial charge in [-0.25, -0.2) is 0 Å². The molecule has 0 unspecified atom stereocenters. The first-order valence-electron chi connectivity index (χ1n) is 7.58. The third kappa shape index (κ3) is 3.25. The van der Waals surface area contributed by atoms with Gasteiger partial charge in [-0.05, 0) is 33.7 Å². The van der Waals surface area contributed by atoms with Crippen molar-refractivity contribution in [2.75, 3.05) is 33.2 Å². The second-order valence-corrected chi connectivity index (χ2v) is 6.58. The summed E-state index contributed by atoms with van der Waals surface area (Å²) in [5.41, 5.74) is 6.68. The highest BCUT2D eigenvalue weighted by Gasteiger charge is 2.40. The van der Waals surface area contributed by atoms with Crippen molar-refractivity contribution in [3.63, 3.8) is 0 Å². The lowest BCUT2D eigenvalue weighted by molar-refractivity contribution is -0.0295. The molecule has 3 heteroatoms. The molecule has 108 valence electrons. The molecule has 0 aliphatic carbocycles. The van der Waals surface area contributed by atoms with E-state index in [1.165, 1.54) is 25.7 Å². The molecular formula is C15H33N3. The summed E-state index contributed by atoms with van der Waals surface area (Å²) in [6.07, 6.45) is 4.92. The third-order valence-corrected chi connectivity index (χ3v) is 4.80. The first-order chi connectivity index (χ1) is 8.41. The Bertz CT molecular complexity index is 244. The van der Waals surface area contributed by atoms with E-state index in [4.69, 9.17) is 5.73 Å². The topological polar surface area (TPSA) is 32.5 Å². The van der Waals surface area contributed by atoms with Crippen molar-refractivity contribution in [2.24, 2.45) is 5.73 Å². The van der Waals surface area contributed by atoms with Gasteiger partial charge in [-0.1, -0.05) is 26.7 Å². The molecule has 1 rings (SSSR count). The molecule has 1 aliphatic heterocycles. The first kappa shape index (κ1) is 15.9. The Morgan fingerprint density at radius 3 is 2.06 bits per heavy atom. The zero-order valence-electron chi connectivity index (χ0n) is 13.1. The second kappa shape index (κ2) is 6.36. The molecule has 1 saturated heterocycles. The van der Waals surface area contributed by atoms with E-state index in [-0.39, 0.29) is 11.1 Å². The average molecular weight is 255 g/mol. The molecular weight excluding hydrogens is 222 g/mol. The monoisotopic (exact) mass is 255 g/mol. The summed E-state index contributed by atoms with van der Waals surface area (Å²) in [7, 11) is 2.24. The van der Waals surface area contributed by atoms with Crippen molar-refractivity contribution in [3.8, 4) is 0 Å². The number of nitrogens with two attached hydrogens (primary N) is 1. The Morgan fingerprint density at radius 2 is 1.67 bits per heavy atom. The molecule has 0 aromatic heterocycles. The molecule has 0 spiro atoms. The number of rotatable bonds is 6. The van der Waals surface area contributed by atoms with Crippen LogP contribution in [0.1, 0.15) is 53.4 Å². The van der Waals surface area contributed by atoms with Crippen molar-refractivity contribution in [1.29, 1.82) is 0 Å². The highest BCUT2D eigenvalue weighted by molar-refractivity contribution is 4.98. The molecule has 2 N–H and O–H groups in total. The number of nitrogens with zero attached hydrogens (tertiary/aromatic N) is 2. The fraction of sp³-hybridized carbons (Fsp3) is 1.00. The molecule has 18 heavy (non-hydrogen) atoms. The van der Waals surface area contributed by atoms with E-state index in [1.54, 1.807) is 0 Å². The van der Waals surface area contributed by atoms with E-state index in [0.29, 0.717) is 0 Å². The maximum absolute atomic E-state index is 6.18. The zero-order chi connectivity index (χ0) is 13.8. The van der Waals surface area contributed by atoms with E-state index in [1.807, 2.05) is 0 Å². The second-order valence-electron chi connectivity index (χ2n) is 6.58.